The largest absolute Gasteiger partial charge is 0.348 e. The molecule has 0 spiro atoms. The van der Waals surface area contributed by atoms with Gasteiger partial charge < -0.3 is 10.6 Å². The second kappa shape index (κ2) is 7.98. The van der Waals surface area contributed by atoms with Crippen molar-refractivity contribution in [3.63, 3.8) is 0 Å². The van der Waals surface area contributed by atoms with Crippen LogP contribution in [0.15, 0.2) is 30.2 Å². The maximum absolute atomic E-state index is 12.8. The number of nitrogens with one attached hydrogen (secondary N) is 2. The Morgan fingerprint density at radius 1 is 1.33 bits per heavy atom. The van der Waals surface area contributed by atoms with Crippen LogP contribution < -0.4 is 10.6 Å². The monoisotopic (exact) mass is 402 g/mol. The maximum Gasteiger partial charge on any atom is 0.266 e. The van der Waals surface area contributed by atoms with Gasteiger partial charge in [-0.1, -0.05) is 32.9 Å². The fourth-order valence-electron chi connectivity index (χ4n) is 3.48. The molecule has 2 aromatic rings. The number of amides is 2. The highest BCUT2D eigenvalue weighted by Crippen LogP contribution is 2.44. The lowest BCUT2D eigenvalue weighted by Gasteiger charge is -2.33. The van der Waals surface area contributed by atoms with Gasteiger partial charge in [-0.2, -0.15) is 0 Å². The fourth-order valence-corrected chi connectivity index (χ4v) is 5.42. The molecule has 1 atom stereocenters. The van der Waals surface area contributed by atoms with Crippen LogP contribution in [0.3, 0.4) is 0 Å². The average Bonchev–Trinajstić information content (AvgIpc) is 3.25. The van der Waals surface area contributed by atoms with Gasteiger partial charge in [0.15, 0.2) is 0 Å². The Kier molecular flexibility index (Phi) is 5.86. The molecular formula is C21H26N2O2S2. The Balaban J connectivity index is 1.94. The molecule has 0 saturated carbocycles. The van der Waals surface area contributed by atoms with Crippen molar-refractivity contribution in [3.05, 3.63) is 51.0 Å². The molecule has 2 heterocycles. The molecule has 2 aromatic heterocycles. The number of anilines is 1. The van der Waals surface area contributed by atoms with Crippen LogP contribution in [0.5, 0.6) is 0 Å². The van der Waals surface area contributed by atoms with Crippen molar-refractivity contribution in [3.8, 4) is 0 Å². The summed E-state index contributed by atoms with van der Waals surface area (Å²) in [5, 5.41) is 8.40. The number of thiophene rings is 2. The van der Waals surface area contributed by atoms with Gasteiger partial charge in [-0.25, -0.2) is 0 Å². The van der Waals surface area contributed by atoms with Crippen molar-refractivity contribution in [2.45, 2.75) is 40.0 Å². The van der Waals surface area contributed by atoms with Crippen LogP contribution in [0.25, 0.3) is 0 Å². The number of hydrogen-bond donors (Lipinski definition) is 2. The summed E-state index contributed by atoms with van der Waals surface area (Å²) in [6, 6.07) is 3.64. The van der Waals surface area contributed by atoms with Gasteiger partial charge in [-0.3, -0.25) is 9.59 Å². The molecule has 6 heteroatoms. The summed E-state index contributed by atoms with van der Waals surface area (Å²) < 4.78 is 0. The van der Waals surface area contributed by atoms with Crippen LogP contribution in [0.4, 0.5) is 5.00 Å². The van der Waals surface area contributed by atoms with E-state index in [4.69, 9.17) is 0 Å². The van der Waals surface area contributed by atoms with E-state index in [0.29, 0.717) is 27.9 Å². The van der Waals surface area contributed by atoms with E-state index < -0.39 is 0 Å². The zero-order valence-electron chi connectivity index (χ0n) is 16.1. The van der Waals surface area contributed by atoms with Gasteiger partial charge >= 0.3 is 0 Å². The topological polar surface area (TPSA) is 58.2 Å². The minimum atomic E-state index is -0.159. The lowest BCUT2D eigenvalue weighted by molar-refractivity contribution is 0.0957. The van der Waals surface area contributed by atoms with Crippen molar-refractivity contribution in [1.29, 1.82) is 0 Å². The summed E-state index contributed by atoms with van der Waals surface area (Å²) in [6.07, 6.45) is 4.56. The van der Waals surface area contributed by atoms with Crippen LogP contribution in [0.2, 0.25) is 0 Å². The first-order chi connectivity index (χ1) is 12.8. The number of rotatable bonds is 5. The minimum absolute atomic E-state index is 0.136. The van der Waals surface area contributed by atoms with Crippen molar-refractivity contribution in [2.75, 3.05) is 11.9 Å². The van der Waals surface area contributed by atoms with Crippen LogP contribution >= 0.6 is 22.7 Å². The Labute approximate surface area is 168 Å². The Hall–Kier alpha value is -1.92. The number of carbonyl (C=O) groups is 2. The van der Waals surface area contributed by atoms with Crippen LogP contribution in [-0.2, 0) is 12.8 Å². The maximum atomic E-state index is 12.8. The molecule has 3 rings (SSSR count). The summed E-state index contributed by atoms with van der Waals surface area (Å²) >= 11 is 2.95. The highest BCUT2D eigenvalue weighted by molar-refractivity contribution is 7.17. The van der Waals surface area contributed by atoms with Crippen molar-refractivity contribution in [2.24, 2.45) is 11.3 Å². The Bertz CT molecular complexity index is 844. The second-order valence-corrected chi connectivity index (χ2v) is 10.00. The minimum Gasteiger partial charge on any atom is -0.348 e. The summed E-state index contributed by atoms with van der Waals surface area (Å²) in [4.78, 5) is 27.2. The molecule has 2 amide bonds. The van der Waals surface area contributed by atoms with E-state index in [1.807, 2.05) is 11.4 Å². The molecule has 0 bridgehead atoms. The quantitative estimate of drug-likeness (QED) is 0.681. The molecule has 0 aliphatic heterocycles. The third-order valence-electron chi connectivity index (χ3n) is 5.10. The first-order valence-corrected chi connectivity index (χ1v) is 10.9. The van der Waals surface area contributed by atoms with Gasteiger partial charge in [0.25, 0.3) is 11.8 Å². The summed E-state index contributed by atoms with van der Waals surface area (Å²) in [6.45, 7) is 10.9. The molecule has 0 radical (unpaired) electrons. The first kappa shape index (κ1) is 19.8. The number of fused-ring (bicyclic) bond motifs is 1. The van der Waals surface area contributed by atoms with Crippen LogP contribution in [0, 0.1) is 11.3 Å². The fraction of sp³-hybridized carbons (Fsp3) is 0.429. The molecule has 1 aliphatic rings. The lowest BCUT2D eigenvalue weighted by atomic mass is 9.72. The highest BCUT2D eigenvalue weighted by atomic mass is 32.1. The first-order valence-electron chi connectivity index (χ1n) is 9.19. The van der Waals surface area contributed by atoms with Crippen LogP contribution in [0.1, 0.15) is 57.7 Å². The third kappa shape index (κ3) is 4.33. The number of hydrogen-bond acceptors (Lipinski definition) is 4. The van der Waals surface area contributed by atoms with Crippen molar-refractivity contribution < 1.29 is 9.59 Å². The van der Waals surface area contributed by atoms with Gasteiger partial charge in [0.2, 0.25) is 0 Å². The molecule has 0 saturated heterocycles. The van der Waals surface area contributed by atoms with Crippen molar-refractivity contribution >= 4 is 39.5 Å². The average molecular weight is 403 g/mol. The van der Waals surface area contributed by atoms with Gasteiger partial charge in [0.1, 0.15) is 5.00 Å². The molecular weight excluding hydrogens is 376 g/mol. The zero-order valence-corrected chi connectivity index (χ0v) is 17.7. The van der Waals surface area contributed by atoms with Gasteiger partial charge in [-0.05, 0) is 47.6 Å². The van der Waals surface area contributed by atoms with E-state index in [0.717, 1.165) is 24.8 Å². The standard InChI is InChI=1S/C21H26N2O2S2/c1-5-10-22-19(25)17-14-9-8-13(21(2,3)4)12-16(14)27-20(17)23-18(24)15-7-6-11-26-15/h5-7,11,13H,1,8-10,12H2,2-4H3,(H,22,25)(H,23,24). The highest BCUT2D eigenvalue weighted by Gasteiger charge is 2.34. The van der Waals surface area contributed by atoms with Gasteiger partial charge in [0, 0.05) is 11.4 Å². The van der Waals surface area contributed by atoms with E-state index >= 15 is 0 Å². The van der Waals surface area contributed by atoms with E-state index in [1.54, 1.807) is 23.5 Å². The van der Waals surface area contributed by atoms with Crippen molar-refractivity contribution in [1.82, 2.24) is 5.32 Å². The lowest BCUT2D eigenvalue weighted by Crippen LogP contribution is -2.28. The zero-order chi connectivity index (χ0) is 19.6. The summed E-state index contributed by atoms with van der Waals surface area (Å²) in [5.41, 5.74) is 1.96. The van der Waals surface area contributed by atoms with E-state index in [-0.39, 0.29) is 17.2 Å². The molecule has 0 fully saturated rings. The Morgan fingerprint density at radius 2 is 2.11 bits per heavy atom. The van der Waals surface area contributed by atoms with Gasteiger partial charge in [-0.15, -0.1) is 29.3 Å². The Morgan fingerprint density at radius 3 is 2.74 bits per heavy atom. The molecule has 27 heavy (non-hydrogen) atoms. The molecule has 1 unspecified atom stereocenters. The predicted molar refractivity (Wildman–Crippen MR) is 114 cm³/mol. The normalized spacial score (nSPS) is 16.5. The van der Waals surface area contributed by atoms with Gasteiger partial charge in [0.05, 0.1) is 10.4 Å². The summed E-state index contributed by atoms with van der Waals surface area (Å²) in [7, 11) is 0. The smallest absolute Gasteiger partial charge is 0.266 e. The molecule has 0 aromatic carbocycles. The second-order valence-electron chi connectivity index (χ2n) is 7.94. The molecule has 4 nitrogen and oxygen atoms in total. The van der Waals surface area contributed by atoms with Crippen LogP contribution in [-0.4, -0.2) is 18.4 Å². The molecule has 144 valence electrons. The molecule has 1 aliphatic carbocycles. The third-order valence-corrected chi connectivity index (χ3v) is 7.13. The number of carbonyl (C=O) groups excluding carboxylic acids is 2. The van der Waals surface area contributed by atoms with E-state index in [2.05, 4.69) is 38.0 Å². The summed E-state index contributed by atoms with van der Waals surface area (Å²) in [5.74, 6) is 0.283. The van der Waals surface area contributed by atoms with E-state index in [9.17, 15) is 9.59 Å². The molecule has 2 N–H and O–H groups in total. The van der Waals surface area contributed by atoms with E-state index in [1.165, 1.54) is 16.2 Å². The SMILES string of the molecule is C=CCNC(=O)c1c(NC(=O)c2cccs2)sc2c1CCC(C(C)(C)C)C2. The predicted octanol–water partition coefficient (Wildman–Crippen LogP) is 5.13.